The van der Waals surface area contributed by atoms with Gasteiger partial charge in [-0.2, -0.15) is 8.42 Å². The predicted molar refractivity (Wildman–Crippen MR) is 81.0 cm³/mol. The second kappa shape index (κ2) is 6.01. The van der Waals surface area contributed by atoms with Gasteiger partial charge < -0.3 is 9.29 Å². The van der Waals surface area contributed by atoms with E-state index in [0.29, 0.717) is 12.0 Å². The van der Waals surface area contributed by atoms with Crippen molar-refractivity contribution in [2.24, 2.45) is 0 Å². The smallest absolute Gasteiger partial charge is 0.339 e. The van der Waals surface area contributed by atoms with E-state index in [9.17, 15) is 13.5 Å². The zero-order valence-electron chi connectivity index (χ0n) is 11.6. The predicted octanol–water partition coefficient (Wildman–Crippen LogP) is 3.20. The van der Waals surface area contributed by atoms with Crippen LogP contribution in [0.25, 0.3) is 0 Å². The molecule has 0 aliphatic heterocycles. The Morgan fingerprint density at radius 3 is 2.48 bits per heavy atom. The Kier molecular flexibility index (Phi) is 4.33. The van der Waals surface area contributed by atoms with E-state index >= 15 is 0 Å². The van der Waals surface area contributed by atoms with Crippen LogP contribution in [0, 0.1) is 6.92 Å². The van der Waals surface area contributed by atoms with Crippen molar-refractivity contribution in [2.75, 3.05) is 0 Å². The van der Waals surface area contributed by atoms with Crippen molar-refractivity contribution in [2.45, 2.75) is 18.2 Å². The number of phenols is 1. The van der Waals surface area contributed by atoms with E-state index in [4.69, 9.17) is 4.18 Å². The molecule has 0 aliphatic carbocycles. The molecule has 0 radical (unpaired) electrons. The largest absolute Gasteiger partial charge is 0.508 e. The van der Waals surface area contributed by atoms with Crippen LogP contribution in [-0.4, -0.2) is 13.5 Å². The summed E-state index contributed by atoms with van der Waals surface area (Å²) in [6.07, 6.45) is 2.04. The normalized spacial score (nSPS) is 11.1. The summed E-state index contributed by atoms with van der Waals surface area (Å²) in [4.78, 5) is 0.0893. The molecule has 0 aliphatic rings. The first-order valence-electron chi connectivity index (χ1n) is 6.36. The van der Waals surface area contributed by atoms with E-state index in [0.717, 1.165) is 5.56 Å². The molecule has 2 rings (SSSR count). The summed E-state index contributed by atoms with van der Waals surface area (Å²) in [6.45, 7) is 5.46. The molecule has 2 aromatic carbocycles. The molecule has 0 atom stereocenters. The maximum absolute atomic E-state index is 12.2. The van der Waals surface area contributed by atoms with Gasteiger partial charge in [-0.25, -0.2) is 0 Å². The first-order valence-corrected chi connectivity index (χ1v) is 7.77. The second-order valence-electron chi connectivity index (χ2n) is 4.63. The van der Waals surface area contributed by atoms with Crippen molar-refractivity contribution in [1.82, 2.24) is 0 Å². The molecule has 0 unspecified atom stereocenters. The van der Waals surface area contributed by atoms with Crippen molar-refractivity contribution in [3.63, 3.8) is 0 Å². The summed E-state index contributed by atoms with van der Waals surface area (Å²) < 4.78 is 29.4. The van der Waals surface area contributed by atoms with Gasteiger partial charge in [0, 0.05) is 5.56 Å². The fraction of sp³-hybridized carbons (Fsp3) is 0.125. The topological polar surface area (TPSA) is 63.6 Å². The maximum Gasteiger partial charge on any atom is 0.339 e. The van der Waals surface area contributed by atoms with Gasteiger partial charge in [0.05, 0.1) is 0 Å². The number of hydrogen-bond donors (Lipinski definition) is 1. The number of phenolic OH excluding ortho intramolecular Hbond substituents is 1. The van der Waals surface area contributed by atoms with Gasteiger partial charge in [0.1, 0.15) is 16.4 Å². The molecule has 2 aromatic rings. The number of rotatable bonds is 5. The third-order valence-electron chi connectivity index (χ3n) is 2.93. The van der Waals surface area contributed by atoms with Crippen LogP contribution >= 0.6 is 0 Å². The van der Waals surface area contributed by atoms with Crippen LogP contribution in [0.15, 0.2) is 60.0 Å². The molecule has 21 heavy (non-hydrogen) atoms. The van der Waals surface area contributed by atoms with Crippen molar-refractivity contribution < 1.29 is 17.7 Å². The number of allylic oxidation sites excluding steroid dienone is 1. The van der Waals surface area contributed by atoms with Gasteiger partial charge in [-0.05, 0) is 43.7 Å². The molecular weight excluding hydrogens is 288 g/mol. The summed E-state index contributed by atoms with van der Waals surface area (Å²) in [7, 11) is -3.88. The van der Waals surface area contributed by atoms with Crippen LogP contribution in [-0.2, 0) is 16.5 Å². The summed E-state index contributed by atoms with van der Waals surface area (Å²) in [5.41, 5.74) is 1.52. The molecule has 4 nitrogen and oxygen atoms in total. The molecule has 0 heterocycles. The Bertz CT molecular complexity index is 746. The van der Waals surface area contributed by atoms with E-state index in [2.05, 4.69) is 6.58 Å². The molecule has 0 bridgehead atoms. The van der Waals surface area contributed by atoms with E-state index < -0.39 is 10.1 Å². The standard InChI is InChI=1S/C16H16O4S/c1-3-4-13-11-14(7-10-16(13)17)20-21(18,19)15-8-5-12(2)6-9-15/h3,5-11,17H,1,4H2,2H3. The highest BCUT2D eigenvalue weighted by Crippen LogP contribution is 2.26. The average Bonchev–Trinajstić information content (AvgIpc) is 2.43. The third kappa shape index (κ3) is 3.64. The van der Waals surface area contributed by atoms with Gasteiger partial charge in [-0.15, -0.1) is 6.58 Å². The zero-order valence-corrected chi connectivity index (χ0v) is 12.4. The van der Waals surface area contributed by atoms with Gasteiger partial charge >= 0.3 is 10.1 Å². The van der Waals surface area contributed by atoms with Gasteiger partial charge in [-0.3, -0.25) is 0 Å². The lowest BCUT2D eigenvalue weighted by Gasteiger charge is -2.09. The third-order valence-corrected chi connectivity index (χ3v) is 4.19. The van der Waals surface area contributed by atoms with E-state index in [1.807, 2.05) is 6.92 Å². The Hall–Kier alpha value is -2.27. The molecule has 0 saturated heterocycles. The van der Waals surface area contributed by atoms with Crippen LogP contribution in [0.1, 0.15) is 11.1 Å². The SMILES string of the molecule is C=CCc1cc(OS(=O)(=O)c2ccc(C)cc2)ccc1O. The molecule has 1 N–H and O–H groups in total. The summed E-state index contributed by atoms with van der Waals surface area (Å²) in [5.74, 6) is 0.236. The first kappa shape index (κ1) is 15.1. The summed E-state index contributed by atoms with van der Waals surface area (Å²) in [6, 6.07) is 10.7. The molecule has 0 amide bonds. The minimum absolute atomic E-state index is 0.0787. The van der Waals surface area contributed by atoms with Crippen molar-refractivity contribution >= 4 is 10.1 Å². The molecule has 0 spiro atoms. The Labute approximate surface area is 124 Å². The minimum atomic E-state index is -3.88. The van der Waals surface area contributed by atoms with E-state index in [1.165, 1.54) is 30.3 Å². The summed E-state index contributed by atoms with van der Waals surface area (Å²) >= 11 is 0. The Balaban J connectivity index is 2.30. The lowest BCUT2D eigenvalue weighted by Crippen LogP contribution is -2.09. The fourth-order valence-corrected chi connectivity index (χ4v) is 2.74. The second-order valence-corrected chi connectivity index (χ2v) is 6.18. The van der Waals surface area contributed by atoms with Crippen LogP contribution < -0.4 is 4.18 Å². The fourth-order valence-electron chi connectivity index (χ4n) is 1.81. The number of aromatic hydroxyl groups is 1. The lowest BCUT2D eigenvalue weighted by molar-refractivity contribution is 0.463. The van der Waals surface area contributed by atoms with Crippen molar-refractivity contribution in [1.29, 1.82) is 0 Å². The lowest BCUT2D eigenvalue weighted by atomic mass is 10.1. The van der Waals surface area contributed by atoms with Crippen LogP contribution in [0.5, 0.6) is 11.5 Å². The van der Waals surface area contributed by atoms with Crippen LogP contribution in [0.2, 0.25) is 0 Å². The highest BCUT2D eigenvalue weighted by atomic mass is 32.2. The highest BCUT2D eigenvalue weighted by Gasteiger charge is 2.17. The maximum atomic E-state index is 12.2. The number of benzene rings is 2. The molecular formula is C16H16O4S. The number of hydrogen-bond acceptors (Lipinski definition) is 4. The van der Waals surface area contributed by atoms with E-state index in [-0.39, 0.29) is 16.4 Å². The molecule has 110 valence electrons. The van der Waals surface area contributed by atoms with E-state index in [1.54, 1.807) is 18.2 Å². The Morgan fingerprint density at radius 1 is 1.19 bits per heavy atom. The van der Waals surface area contributed by atoms with Crippen molar-refractivity contribution in [3.05, 3.63) is 66.2 Å². The molecule has 0 saturated carbocycles. The van der Waals surface area contributed by atoms with Gasteiger partial charge in [0.25, 0.3) is 0 Å². The van der Waals surface area contributed by atoms with Crippen LogP contribution in [0.4, 0.5) is 0 Å². The summed E-state index contributed by atoms with van der Waals surface area (Å²) in [5, 5.41) is 9.66. The average molecular weight is 304 g/mol. The van der Waals surface area contributed by atoms with Gasteiger partial charge in [0.15, 0.2) is 0 Å². The molecule has 0 aromatic heterocycles. The number of aryl methyl sites for hydroxylation is 1. The molecule has 0 fully saturated rings. The van der Waals surface area contributed by atoms with Crippen molar-refractivity contribution in [3.8, 4) is 11.5 Å². The highest BCUT2D eigenvalue weighted by molar-refractivity contribution is 7.87. The van der Waals surface area contributed by atoms with Gasteiger partial charge in [0.2, 0.25) is 0 Å². The zero-order chi connectivity index (χ0) is 15.5. The molecule has 5 heteroatoms. The Morgan fingerprint density at radius 2 is 1.86 bits per heavy atom. The quantitative estimate of drug-likeness (QED) is 0.680. The van der Waals surface area contributed by atoms with Gasteiger partial charge in [-0.1, -0.05) is 23.8 Å². The van der Waals surface area contributed by atoms with Crippen LogP contribution in [0.3, 0.4) is 0 Å². The minimum Gasteiger partial charge on any atom is -0.508 e. The monoisotopic (exact) mass is 304 g/mol. The first-order chi connectivity index (χ1) is 9.92.